The lowest BCUT2D eigenvalue weighted by Crippen LogP contribution is -2.14. The second kappa shape index (κ2) is 5.13. The summed E-state index contributed by atoms with van der Waals surface area (Å²) in [6.07, 6.45) is 1.96. The van der Waals surface area contributed by atoms with Gasteiger partial charge in [-0.1, -0.05) is 22.8 Å². The van der Waals surface area contributed by atoms with E-state index in [-0.39, 0.29) is 22.5 Å². The molecule has 21 heavy (non-hydrogen) atoms. The number of carbonyl (C=O) groups is 1. The third-order valence-electron chi connectivity index (χ3n) is 3.00. The summed E-state index contributed by atoms with van der Waals surface area (Å²) in [6, 6.07) is 4.01. The van der Waals surface area contributed by atoms with E-state index in [1.807, 2.05) is 0 Å². The summed E-state index contributed by atoms with van der Waals surface area (Å²) in [6.45, 7) is 0. The maximum Gasteiger partial charge on any atom is 0.322 e. The van der Waals surface area contributed by atoms with E-state index in [4.69, 9.17) is 16.0 Å². The smallest absolute Gasteiger partial charge is 0.322 e. The van der Waals surface area contributed by atoms with Crippen LogP contribution in [0.5, 0.6) is 0 Å². The first-order valence-corrected chi connectivity index (χ1v) is 6.51. The van der Waals surface area contributed by atoms with Crippen LogP contribution < -0.4 is 5.32 Å². The molecular formula is C12H9ClN4O4. The first kappa shape index (κ1) is 13.5. The highest BCUT2D eigenvalue weighted by Gasteiger charge is 2.30. The van der Waals surface area contributed by atoms with Gasteiger partial charge in [-0.3, -0.25) is 20.2 Å². The first-order valence-electron chi connectivity index (χ1n) is 6.14. The van der Waals surface area contributed by atoms with Crippen LogP contribution in [-0.2, 0) is 0 Å². The molecule has 0 spiro atoms. The van der Waals surface area contributed by atoms with E-state index in [0.29, 0.717) is 5.89 Å². The van der Waals surface area contributed by atoms with Crippen LogP contribution in [0.1, 0.15) is 35.0 Å². The lowest BCUT2D eigenvalue weighted by atomic mass is 10.1. The Balaban J connectivity index is 1.84. The van der Waals surface area contributed by atoms with Gasteiger partial charge in [0, 0.05) is 5.92 Å². The van der Waals surface area contributed by atoms with E-state index in [1.165, 1.54) is 18.2 Å². The fourth-order valence-electron chi connectivity index (χ4n) is 1.83. The van der Waals surface area contributed by atoms with Crippen molar-refractivity contribution in [2.75, 3.05) is 5.32 Å². The van der Waals surface area contributed by atoms with Crippen LogP contribution in [0.25, 0.3) is 0 Å². The van der Waals surface area contributed by atoms with Crippen LogP contribution in [0.15, 0.2) is 22.6 Å². The number of carbonyl (C=O) groups excluding carboxylic acids is 1. The molecule has 108 valence electrons. The molecule has 1 amide bonds. The van der Waals surface area contributed by atoms with Crippen molar-refractivity contribution in [3.05, 3.63) is 44.8 Å². The van der Waals surface area contributed by atoms with E-state index >= 15 is 0 Å². The zero-order valence-corrected chi connectivity index (χ0v) is 11.3. The second-order valence-corrected chi connectivity index (χ2v) is 4.97. The Morgan fingerprint density at radius 1 is 1.43 bits per heavy atom. The summed E-state index contributed by atoms with van der Waals surface area (Å²) in [4.78, 5) is 22.4. The minimum absolute atomic E-state index is 0.0869. The molecule has 1 heterocycles. The molecule has 1 aliphatic carbocycles. The first-order chi connectivity index (χ1) is 10.1. The fourth-order valence-corrected chi connectivity index (χ4v) is 2.07. The molecule has 0 bridgehead atoms. The Morgan fingerprint density at radius 3 is 2.86 bits per heavy atom. The molecule has 1 saturated carbocycles. The quantitative estimate of drug-likeness (QED) is 0.686. The number of nitrogens with one attached hydrogen (secondary N) is 1. The van der Waals surface area contributed by atoms with Crippen molar-refractivity contribution in [3.63, 3.8) is 0 Å². The van der Waals surface area contributed by atoms with Crippen molar-refractivity contribution in [3.8, 4) is 0 Å². The van der Waals surface area contributed by atoms with Gasteiger partial charge in [0.1, 0.15) is 10.6 Å². The van der Waals surface area contributed by atoms with E-state index in [1.54, 1.807) is 0 Å². The normalized spacial score (nSPS) is 14.0. The highest BCUT2D eigenvalue weighted by molar-refractivity contribution is 6.33. The number of halogens is 1. The van der Waals surface area contributed by atoms with Gasteiger partial charge < -0.3 is 4.42 Å². The molecule has 1 N–H and O–H groups in total. The van der Waals surface area contributed by atoms with Crippen LogP contribution in [0, 0.1) is 10.1 Å². The van der Waals surface area contributed by atoms with Crippen molar-refractivity contribution >= 4 is 29.2 Å². The SMILES string of the molecule is O=C(Nc1nnc(C2CC2)o1)c1cccc(Cl)c1[N+](=O)[O-]. The van der Waals surface area contributed by atoms with Crippen molar-refractivity contribution in [1.82, 2.24) is 10.2 Å². The molecule has 2 aromatic rings. The van der Waals surface area contributed by atoms with E-state index in [2.05, 4.69) is 15.5 Å². The molecule has 0 unspecified atom stereocenters. The van der Waals surface area contributed by atoms with Gasteiger partial charge in [-0.25, -0.2) is 0 Å². The summed E-state index contributed by atoms with van der Waals surface area (Å²) < 4.78 is 5.27. The molecule has 9 heteroatoms. The van der Waals surface area contributed by atoms with Crippen molar-refractivity contribution in [2.45, 2.75) is 18.8 Å². The maximum absolute atomic E-state index is 12.1. The van der Waals surface area contributed by atoms with E-state index in [9.17, 15) is 14.9 Å². The molecule has 3 rings (SSSR count). The largest absolute Gasteiger partial charge is 0.408 e. The number of aromatic nitrogens is 2. The molecule has 0 atom stereocenters. The Bertz CT molecular complexity index is 726. The summed E-state index contributed by atoms with van der Waals surface area (Å²) in [5.74, 6) is -0.00949. The van der Waals surface area contributed by atoms with Gasteiger partial charge in [-0.2, -0.15) is 0 Å². The zero-order valence-electron chi connectivity index (χ0n) is 10.6. The number of hydrogen-bond donors (Lipinski definition) is 1. The molecule has 1 aliphatic rings. The Hall–Kier alpha value is -2.48. The zero-order chi connectivity index (χ0) is 15.0. The van der Waals surface area contributed by atoms with Crippen LogP contribution in [-0.4, -0.2) is 21.0 Å². The number of benzene rings is 1. The minimum Gasteiger partial charge on any atom is -0.408 e. The van der Waals surface area contributed by atoms with Gasteiger partial charge >= 0.3 is 11.7 Å². The monoisotopic (exact) mass is 308 g/mol. The number of rotatable bonds is 4. The molecule has 0 radical (unpaired) electrons. The molecule has 1 aromatic carbocycles. The van der Waals surface area contributed by atoms with Crippen LogP contribution >= 0.6 is 11.6 Å². The van der Waals surface area contributed by atoms with Gasteiger partial charge in [0.05, 0.1) is 4.92 Å². The number of nitro benzene ring substituents is 1. The summed E-state index contributed by atoms with van der Waals surface area (Å²) in [5, 5.41) is 20.7. The Labute approximate surface area is 123 Å². The predicted octanol–water partition coefficient (Wildman–Crippen LogP) is 2.76. The number of amides is 1. The number of nitro groups is 1. The van der Waals surface area contributed by atoms with Crippen LogP contribution in [0.4, 0.5) is 11.7 Å². The lowest BCUT2D eigenvalue weighted by molar-refractivity contribution is -0.385. The molecule has 0 aliphatic heterocycles. The fraction of sp³-hybridized carbons (Fsp3) is 0.250. The number of nitrogens with zero attached hydrogens (tertiary/aromatic N) is 3. The standard InChI is InChI=1S/C12H9ClN4O4/c13-8-3-1-2-7(9(8)17(19)20)10(18)14-12-16-15-11(21-12)6-4-5-6/h1-3,6H,4-5H2,(H,14,16,18). The van der Waals surface area contributed by atoms with Gasteiger partial charge in [0.25, 0.3) is 5.91 Å². The Kier molecular flexibility index (Phi) is 3.30. The third-order valence-corrected chi connectivity index (χ3v) is 3.31. The predicted molar refractivity (Wildman–Crippen MR) is 72.3 cm³/mol. The van der Waals surface area contributed by atoms with Crippen molar-refractivity contribution in [2.24, 2.45) is 0 Å². The van der Waals surface area contributed by atoms with Crippen LogP contribution in [0.3, 0.4) is 0 Å². The van der Waals surface area contributed by atoms with Gasteiger partial charge in [0.15, 0.2) is 0 Å². The van der Waals surface area contributed by atoms with E-state index in [0.717, 1.165) is 12.8 Å². The third kappa shape index (κ3) is 2.70. The average molecular weight is 309 g/mol. The molecule has 8 nitrogen and oxygen atoms in total. The summed E-state index contributed by atoms with van der Waals surface area (Å²) >= 11 is 5.75. The second-order valence-electron chi connectivity index (χ2n) is 4.57. The Morgan fingerprint density at radius 2 is 2.19 bits per heavy atom. The number of hydrogen-bond acceptors (Lipinski definition) is 6. The minimum atomic E-state index is -0.727. The maximum atomic E-state index is 12.1. The molecule has 1 fully saturated rings. The molecular weight excluding hydrogens is 300 g/mol. The highest BCUT2D eigenvalue weighted by Crippen LogP contribution is 2.39. The summed E-state index contributed by atoms with van der Waals surface area (Å²) in [7, 11) is 0. The topological polar surface area (TPSA) is 111 Å². The summed E-state index contributed by atoms with van der Waals surface area (Å²) in [5.41, 5.74) is -0.628. The van der Waals surface area contributed by atoms with Gasteiger partial charge in [0.2, 0.25) is 5.89 Å². The van der Waals surface area contributed by atoms with Crippen molar-refractivity contribution < 1.29 is 14.1 Å². The molecule has 1 aromatic heterocycles. The van der Waals surface area contributed by atoms with Crippen molar-refractivity contribution in [1.29, 1.82) is 0 Å². The number of anilines is 1. The van der Waals surface area contributed by atoms with Gasteiger partial charge in [-0.05, 0) is 25.0 Å². The van der Waals surface area contributed by atoms with E-state index < -0.39 is 16.5 Å². The lowest BCUT2D eigenvalue weighted by Gasteiger charge is -2.03. The van der Waals surface area contributed by atoms with Gasteiger partial charge in [-0.15, -0.1) is 5.10 Å². The highest BCUT2D eigenvalue weighted by atomic mass is 35.5. The van der Waals surface area contributed by atoms with Crippen LogP contribution in [0.2, 0.25) is 5.02 Å². The molecule has 0 saturated heterocycles. The number of para-hydroxylation sites is 1. The average Bonchev–Trinajstić information content (AvgIpc) is 3.19.